The number of nitrogens with zero attached hydrogens (tertiary/aromatic N) is 1. The summed E-state index contributed by atoms with van der Waals surface area (Å²) < 4.78 is 9.79. The van der Waals surface area contributed by atoms with Gasteiger partial charge in [0.1, 0.15) is 0 Å². The fourth-order valence-electron chi connectivity index (χ4n) is 1.17. The summed E-state index contributed by atoms with van der Waals surface area (Å²) in [6.07, 6.45) is 1.99. The first kappa shape index (κ1) is 12.3. The number of esters is 1. The Hall–Kier alpha value is -1.78. The molecule has 0 aliphatic heterocycles. The van der Waals surface area contributed by atoms with Gasteiger partial charge in [0.15, 0.2) is 0 Å². The van der Waals surface area contributed by atoms with Crippen molar-refractivity contribution in [2.45, 2.75) is 13.3 Å². The van der Waals surface area contributed by atoms with Gasteiger partial charge in [0.2, 0.25) is 5.88 Å². The summed E-state index contributed by atoms with van der Waals surface area (Å²) in [7, 11) is 1.56. The highest BCUT2D eigenvalue weighted by Crippen LogP contribution is 2.12. The molecule has 0 unspecified atom stereocenters. The van der Waals surface area contributed by atoms with Crippen molar-refractivity contribution < 1.29 is 14.3 Å². The number of ether oxygens (including phenoxy) is 2. The Balaban J connectivity index is 2.34. The maximum absolute atomic E-state index is 11.1. The Labute approximate surface area is 94.8 Å². The molecule has 0 saturated carbocycles. The van der Waals surface area contributed by atoms with E-state index < -0.39 is 0 Å². The van der Waals surface area contributed by atoms with Gasteiger partial charge in [-0.2, -0.15) is 0 Å². The molecule has 0 saturated heterocycles. The van der Waals surface area contributed by atoms with Crippen LogP contribution in [0.3, 0.4) is 0 Å². The lowest BCUT2D eigenvalue weighted by atomic mass is 10.3. The highest BCUT2D eigenvalue weighted by Gasteiger charge is 2.01. The summed E-state index contributed by atoms with van der Waals surface area (Å²) in [6.45, 7) is 2.74. The van der Waals surface area contributed by atoms with Crippen molar-refractivity contribution in [2.75, 3.05) is 25.6 Å². The molecule has 5 nitrogen and oxygen atoms in total. The minimum absolute atomic E-state index is 0.198. The molecule has 1 N–H and O–H groups in total. The molecule has 0 aliphatic carbocycles. The van der Waals surface area contributed by atoms with Crippen LogP contribution < -0.4 is 10.1 Å². The lowest BCUT2D eigenvalue weighted by Gasteiger charge is -2.06. The molecule has 0 bridgehead atoms. The highest BCUT2D eigenvalue weighted by molar-refractivity contribution is 5.70. The molecule has 0 spiro atoms. The molecule has 0 amide bonds. The summed E-state index contributed by atoms with van der Waals surface area (Å²) in [6, 6.07) is 3.58. The number of carbonyl (C=O) groups excluding carboxylic acids is 1. The number of methoxy groups -OCH3 is 1. The van der Waals surface area contributed by atoms with Gasteiger partial charge in [-0.25, -0.2) is 4.98 Å². The summed E-state index contributed by atoms with van der Waals surface area (Å²) in [5.74, 6) is 0.345. The maximum Gasteiger partial charge on any atom is 0.307 e. The van der Waals surface area contributed by atoms with Gasteiger partial charge < -0.3 is 14.8 Å². The molecule has 0 radical (unpaired) electrons. The van der Waals surface area contributed by atoms with Gasteiger partial charge in [0.05, 0.1) is 20.1 Å². The number of aromatic nitrogens is 1. The van der Waals surface area contributed by atoms with Crippen LogP contribution in [0.4, 0.5) is 5.69 Å². The average molecular weight is 224 g/mol. The van der Waals surface area contributed by atoms with Crippen LogP contribution in [0.15, 0.2) is 18.3 Å². The predicted molar refractivity (Wildman–Crippen MR) is 60.5 cm³/mol. The molecule has 1 rings (SSSR count). The predicted octanol–water partition coefficient (Wildman–Crippen LogP) is 1.46. The first-order valence-corrected chi connectivity index (χ1v) is 5.15. The van der Waals surface area contributed by atoms with Crippen LogP contribution in [0.1, 0.15) is 13.3 Å². The van der Waals surface area contributed by atoms with Gasteiger partial charge in [-0.3, -0.25) is 4.79 Å². The Morgan fingerprint density at radius 1 is 1.56 bits per heavy atom. The fourth-order valence-corrected chi connectivity index (χ4v) is 1.17. The smallest absolute Gasteiger partial charge is 0.307 e. The van der Waals surface area contributed by atoms with E-state index in [1.807, 2.05) is 6.07 Å². The number of anilines is 1. The monoisotopic (exact) mass is 224 g/mol. The molecule has 88 valence electrons. The molecular weight excluding hydrogens is 208 g/mol. The van der Waals surface area contributed by atoms with Crippen LogP contribution in [0.25, 0.3) is 0 Å². The van der Waals surface area contributed by atoms with Crippen molar-refractivity contribution in [1.29, 1.82) is 0 Å². The minimum atomic E-state index is -0.198. The Bertz CT molecular complexity index is 342. The topological polar surface area (TPSA) is 60.5 Å². The molecule has 16 heavy (non-hydrogen) atoms. The highest BCUT2D eigenvalue weighted by atomic mass is 16.5. The van der Waals surface area contributed by atoms with E-state index in [2.05, 4.69) is 10.3 Å². The summed E-state index contributed by atoms with van der Waals surface area (Å²) in [5, 5.41) is 3.09. The second-order valence-corrected chi connectivity index (χ2v) is 3.07. The summed E-state index contributed by atoms with van der Waals surface area (Å²) in [4.78, 5) is 15.0. The van der Waals surface area contributed by atoms with Crippen molar-refractivity contribution in [3.05, 3.63) is 18.3 Å². The second kappa shape index (κ2) is 6.66. The molecule has 1 aromatic rings. The molecule has 5 heteroatoms. The van der Waals surface area contributed by atoms with Crippen LogP contribution in [0.2, 0.25) is 0 Å². The largest absolute Gasteiger partial charge is 0.481 e. The Kier molecular flexibility index (Phi) is 5.11. The quantitative estimate of drug-likeness (QED) is 0.741. The third-order valence-corrected chi connectivity index (χ3v) is 1.91. The van der Waals surface area contributed by atoms with Gasteiger partial charge in [0, 0.05) is 24.5 Å². The van der Waals surface area contributed by atoms with Crippen molar-refractivity contribution in [3.8, 4) is 5.88 Å². The van der Waals surface area contributed by atoms with E-state index in [0.717, 1.165) is 5.69 Å². The van der Waals surface area contributed by atoms with E-state index in [9.17, 15) is 4.79 Å². The molecule has 0 atom stereocenters. The zero-order valence-corrected chi connectivity index (χ0v) is 9.53. The first-order valence-electron chi connectivity index (χ1n) is 5.15. The zero-order valence-electron chi connectivity index (χ0n) is 9.53. The van der Waals surface area contributed by atoms with Crippen LogP contribution in [0, 0.1) is 0 Å². The van der Waals surface area contributed by atoms with E-state index in [1.54, 1.807) is 26.3 Å². The molecule has 1 aromatic heterocycles. The van der Waals surface area contributed by atoms with E-state index in [-0.39, 0.29) is 5.97 Å². The van der Waals surface area contributed by atoms with Crippen molar-refractivity contribution >= 4 is 11.7 Å². The van der Waals surface area contributed by atoms with Crippen LogP contribution in [-0.2, 0) is 9.53 Å². The third-order valence-electron chi connectivity index (χ3n) is 1.91. The number of rotatable bonds is 6. The number of hydrogen-bond acceptors (Lipinski definition) is 5. The lowest BCUT2D eigenvalue weighted by molar-refractivity contribution is -0.142. The zero-order chi connectivity index (χ0) is 11.8. The van der Waals surface area contributed by atoms with Crippen LogP contribution in [-0.4, -0.2) is 31.2 Å². The summed E-state index contributed by atoms with van der Waals surface area (Å²) in [5.41, 5.74) is 0.871. The van der Waals surface area contributed by atoms with Gasteiger partial charge in [-0.05, 0) is 13.0 Å². The first-order chi connectivity index (χ1) is 7.76. The normalized spacial score (nSPS) is 9.62. The number of hydrogen-bond donors (Lipinski definition) is 1. The van der Waals surface area contributed by atoms with Crippen LogP contribution >= 0.6 is 0 Å². The Morgan fingerprint density at radius 2 is 2.38 bits per heavy atom. The molecule has 0 aliphatic rings. The SMILES string of the molecule is CCOC(=O)CCNc1ccnc(OC)c1. The molecule has 0 aromatic carbocycles. The lowest BCUT2D eigenvalue weighted by Crippen LogP contribution is -2.11. The van der Waals surface area contributed by atoms with Gasteiger partial charge in [-0.15, -0.1) is 0 Å². The van der Waals surface area contributed by atoms with Gasteiger partial charge in [0.25, 0.3) is 0 Å². The standard InChI is InChI=1S/C11H16N2O3/c1-3-16-11(14)5-7-12-9-4-6-13-10(8-9)15-2/h4,6,8H,3,5,7H2,1-2H3,(H,12,13). The maximum atomic E-state index is 11.1. The number of pyridine rings is 1. The van der Waals surface area contributed by atoms with Crippen molar-refractivity contribution in [1.82, 2.24) is 4.98 Å². The van der Waals surface area contributed by atoms with Crippen LogP contribution in [0.5, 0.6) is 5.88 Å². The number of nitrogens with one attached hydrogen (secondary N) is 1. The Morgan fingerprint density at radius 3 is 3.06 bits per heavy atom. The van der Waals surface area contributed by atoms with Gasteiger partial charge in [-0.1, -0.05) is 0 Å². The van der Waals surface area contributed by atoms with E-state index in [1.165, 1.54) is 0 Å². The molecule has 1 heterocycles. The van der Waals surface area contributed by atoms with E-state index in [0.29, 0.717) is 25.5 Å². The average Bonchev–Trinajstić information content (AvgIpc) is 2.30. The molecule has 0 fully saturated rings. The molecular formula is C11H16N2O3. The van der Waals surface area contributed by atoms with E-state index >= 15 is 0 Å². The van der Waals surface area contributed by atoms with Crippen molar-refractivity contribution in [2.24, 2.45) is 0 Å². The summed E-state index contributed by atoms with van der Waals surface area (Å²) >= 11 is 0. The number of carbonyl (C=O) groups is 1. The minimum Gasteiger partial charge on any atom is -0.481 e. The second-order valence-electron chi connectivity index (χ2n) is 3.07. The third kappa shape index (κ3) is 4.16. The van der Waals surface area contributed by atoms with E-state index in [4.69, 9.17) is 9.47 Å². The van der Waals surface area contributed by atoms with Crippen molar-refractivity contribution in [3.63, 3.8) is 0 Å². The fraction of sp³-hybridized carbons (Fsp3) is 0.455. The van der Waals surface area contributed by atoms with Gasteiger partial charge >= 0.3 is 5.97 Å².